The lowest BCUT2D eigenvalue weighted by Crippen LogP contribution is -2.60. The molecule has 4 saturated carbocycles. The molecule has 0 saturated heterocycles. The number of halogens is 1. The van der Waals surface area contributed by atoms with E-state index >= 15 is 0 Å². The average Bonchev–Trinajstić information content (AvgIpc) is 2.50. The van der Waals surface area contributed by atoms with Gasteiger partial charge in [-0.25, -0.2) is 0 Å². The molecule has 0 radical (unpaired) electrons. The van der Waals surface area contributed by atoms with Gasteiger partial charge in [-0.05, 0) is 74.6 Å². The number of aliphatic hydroxyl groups is 1. The lowest BCUT2D eigenvalue weighted by molar-refractivity contribution is -0.178. The molecule has 5 heteroatoms. The van der Waals surface area contributed by atoms with Gasteiger partial charge in [-0.15, -0.1) is 11.8 Å². The molecule has 0 aromatic heterocycles. The van der Waals surface area contributed by atoms with E-state index in [1.54, 1.807) is 11.8 Å². The Kier molecular flexibility index (Phi) is 4.46. The fourth-order valence-electron chi connectivity index (χ4n) is 5.53. The number of thioether (sulfide) groups is 1. The van der Waals surface area contributed by atoms with Gasteiger partial charge in [-0.3, -0.25) is 4.79 Å². The summed E-state index contributed by atoms with van der Waals surface area (Å²) in [6.45, 7) is 0.690. The van der Waals surface area contributed by atoms with Gasteiger partial charge in [-0.2, -0.15) is 0 Å². The molecule has 1 aromatic rings. The second kappa shape index (κ2) is 6.33. The summed E-state index contributed by atoms with van der Waals surface area (Å²) in [6, 6.07) is 8.25. The van der Waals surface area contributed by atoms with Gasteiger partial charge in [0.1, 0.15) is 0 Å². The van der Waals surface area contributed by atoms with Crippen molar-refractivity contribution in [2.45, 2.75) is 49.0 Å². The van der Waals surface area contributed by atoms with Crippen LogP contribution in [0.2, 0.25) is 0 Å². The number of hydrogen-bond donors (Lipinski definition) is 2. The van der Waals surface area contributed by atoms with Crippen LogP contribution in [0.25, 0.3) is 0 Å². The molecule has 2 atom stereocenters. The monoisotopic (exact) mass is 409 g/mol. The molecule has 4 fully saturated rings. The normalized spacial score (nSPS) is 36.8. The molecule has 130 valence electrons. The topological polar surface area (TPSA) is 49.3 Å². The van der Waals surface area contributed by atoms with Crippen molar-refractivity contribution >= 4 is 33.6 Å². The smallest absolute Gasteiger partial charge is 0.226 e. The van der Waals surface area contributed by atoms with E-state index in [4.69, 9.17) is 0 Å². The molecule has 4 aliphatic rings. The molecule has 2 N–H and O–H groups in total. The molecular weight excluding hydrogens is 386 g/mol. The van der Waals surface area contributed by atoms with Crippen LogP contribution in [0.4, 0.5) is 0 Å². The van der Waals surface area contributed by atoms with Crippen LogP contribution in [0.1, 0.15) is 38.5 Å². The third-order valence-corrected chi connectivity index (χ3v) is 7.52. The van der Waals surface area contributed by atoms with Crippen LogP contribution in [0.5, 0.6) is 0 Å². The number of carbonyl (C=O) groups excluding carboxylic acids is 1. The number of carbonyl (C=O) groups is 1. The summed E-state index contributed by atoms with van der Waals surface area (Å²) in [4.78, 5) is 14.1. The fraction of sp³-hybridized carbons (Fsp3) is 0.632. The van der Waals surface area contributed by atoms with Crippen LogP contribution in [0, 0.1) is 17.3 Å². The molecular formula is C19H24BrNO2S. The van der Waals surface area contributed by atoms with E-state index in [-0.39, 0.29) is 11.3 Å². The van der Waals surface area contributed by atoms with Gasteiger partial charge in [0, 0.05) is 21.7 Å². The lowest BCUT2D eigenvalue weighted by Gasteiger charge is -2.59. The van der Waals surface area contributed by atoms with Gasteiger partial charge >= 0.3 is 0 Å². The van der Waals surface area contributed by atoms with Crippen molar-refractivity contribution in [2.75, 3.05) is 12.3 Å². The summed E-state index contributed by atoms with van der Waals surface area (Å²) in [5.74, 6) is 2.17. The van der Waals surface area contributed by atoms with Crippen molar-refractivity contribution in [1.82, 2.24) is 5.32 Å². The Bertz CT molecular complexity index is 619. The maximum Gasteiger partial charge on any atom is 0.226 e. The van der Waals surface area contributed by atoms with E-state index in [0.29, 0.717) is 24.8 Å². The Morgan fingerprint density at radius 3 is 2.50 bits per heavy atom. The molecule has 0 aliphatic heterocycles. The number of nitrogens with one attached hydrogen (secondary N) is 1. The third kappa shape index (κ3) is 3.27. The molecule has 1 amide bonds. The number of hydrogen-bond acceptors (Lipinski definition) is 3. The molecule has 1 aromatic carbocycles. The highest BCUT2D eigenvalue weighted by atomic mass is 79.9. The second-order valence-corrected chi connectivity index (χ2v) is 10.1. The molecule has 24 heavy (non-hydrogen) atoms. The van der Waals surface area contributed by atoms with E-state index in [2.05, 4.69) is 33.4 Å². The van der Waals surface area contributed by atoms with Crippen LogP contribution in [0.3, 0.4) is 0 Å². The van der Waals surface area contributed by atoms with Crippen molar-refractivity contribution in [2.24, 2.45) is 17.3 Å². The molecule has 4 bridgehead atoms. The molecule has 0 heterocycles. The Hall–Kier alpha value is -0.520. The first-order valence-corrected chi connectivity index (χ1v) is 10.6. The Balaban J connectivity index is 1.31. The first kappa shape index (κ1) is 16.9. The third-order valence-electron chi connectivity index (χ3n) is 5.98. The zero-order valence-electron chi connectivity index (χ0n) is 13.8. The van der Waals surface area contributed by atoms with Gasteiger partial charge in [0.25, 0.3) is 0 Å². The molecule has 0 spiro atoms. The van der Waals surface area contributed by atoms with Gasteiger partial charge in [0.05, 0.1) is 11.0 Å². The Morgan fingerprint density at radius 2 is 1.88 bits per heavy atom. The Labute approximate surface area is 156 Å². The lowest BCUT2D eigenvalue weighted by atomic mass is 9.47. The molecule has 3 nitrogen and oxygen atoms in total. The van der Waals surface area contributed by atoms with Crippen LogP contribution < -0.4 is 5.32 Å². The summed E-state index contributed by atoms with van der Waals surface area (Å²) in [5, 5.41) is 13.9. The highest BCUT2D eigenvalue weighted by molar-refractivity contribution is 9.10. The van der Waals surface area contributed by atoms with Gasteiger partial charge in [0.2, 0.25) is 5.91 Å². The quantitative estimate of drug-likeness (QED) is 0.570. The number of rotatable bonds is 5. The summed E-state index contributed by atoms with van der Waals surface area (Å²) >= 11 is 5.20. The summed E-state index contributed by atoms with van der Waals surface area (Å²) in [7, 11) is 0. The number of amides is 1. The minimum Gasteiger partial charge on any atom is -0.390 e. The van der Waals surface area contributed by atoms with E-state index in [1.165, 1.54) is 11.3 Å². The van der Waals surface area contributed by atoms with Crippen LogP contribution in [-0.2, 0) is 4.79 Å². The van der Waals surface area contributed by atoms with Crippen LogP contribution in [0.15, 0.2) is 33.6 Å². The minimum absolute atomic E-state index is 0.187. The summed E-state index contributed by atoms with van der Waals surface area (Å²) in [6.07, 6.45) is 5.69. The first-order valence-electron chi connectivity index (χ1n) is 8.86. The van der Waals surface area contributed by atoms with Crippen molar-refractivity contribution in [3.8, 4) is 0 Å². The predicted octanol–water partition coefficient (Wildman–Crippen LogP) is 3.99. The van der Waals surface area contributed by atoms with Gasteiger partial charge in [-0.1, -0.05) is 15.9 Å². The van der Waals surface area contributed by atoms with Crippen molar-refractivity contribution < 1.29 is 9.90 Å². The Morgan fingerprint density at radius 1 is 1.21 bits per heavy atom. The van der Waals surface area contributed by atoms with Crippen LogP contribution >= 0.6 is 27.7 Å². The number of benzene rings is 1. The van der Waals surface area contributed by atoms with E-state index in [1.807, 2.05) is 12.1 Å². The largest absolute Gasteiger partial charge is 0.390 e. The maximum atomic E-state index is 12.9. The molecule has 4 aliphatic carbocycles. The highest BCUT2D eigenvalue weighted by Crippen LogP contribution is 2.61. The summed E-state index contributed by atoms with van der Waals surface area (Å²) < 4.78 is 1.08. The van der Waals surface area contributed by atoms with Crippen molar-refractivity contribution in [3.63, 3.8) is 0 Å². The molecule has 2 unspecified atom stereocenters. The minimum atomic E-state index is -0.562. The molecule has 5 rings (SSSR count). The van der Waals surface area contributed by atoms with E-state index < -0.39 is 5.60 Å². The standard InChI is InChI=1S/C19H24BrNO2S/c20-15-1-3-16(4-2-15)24-6-5-21-17(22)18-8-13-7-14(9-18)11-19(23,10-13)12-18/h1-4,13-14,23H,5-12H2,(H,21,22). The van der Waals surface area contributed by atoms with Crippen molar-refractivity contribution in [3.05, 3.63) is 28.7 Å². The van der Waals surface area contributed by atoms with Crippen LogP contribution in [-0.4, -0.2) is 28.9 Å². The SMILES string of the molecule is O=C(NCCSc1ccc(Br)cc1)C12CC3CC(CC(O)(C3)C1)C2. The zero-order valence-corrected chi connectivity index (χ0v) is 16.2. The summed E-state index contributed by atoms with van der Waals surface area (Å²) in [5.41, 5.74) is -0.852. The predicted molar refractivity (Wildman–Crippen MR) is 99.9 cm³/mol. The van der Waals surface area contributed by atoms with Crippen molar-refractivity contribution in [1.29, 1.82) is 0 Å². The van der Waals surface area contributed by atoms with Gasteiger partial charge < -0.3 is 10.4 Å². The highest BCUT2D eigenvalue weighted by Gasteiger charge is 2.59. The second-order valence-electron chi connectivity index (χ2n) is 8.02. The zero-order chi connectivity index (χ0) is 16.8. The fourth-order valence-corrected chi connectivity index (χ4v) is 6.56. The van der Waals surface area contributed by atoms with Gasteiger partial charge in [0.15, 0.2) is 0 Å². The first-order chi connectivity index (χ1) is 11.5. The van der Waals surface area contributed by atoms with E-state index in [9.17, 15) is 9.90 Å². The van der Waals surface area contributed by atoms with E-state index in [0.717, 1.165) is 35.9 Å². The maximum absolute atomic E-state index is 12.9. The average molecular weight is 410 g/mol.